The van der Waals surface area contributed by atoms with E-state index in [-0.39, 0.29) is 11.8 Å². The summed E-state index contributed by atoms with van der Waals surface area (Å²) in [5.74, 6) is 0.410. The summed E-state index contributed by atoms with van der Waals surface area (Å²) in [5, 5.41) is 3.02. The topological polar surface area (TPSA) is 49.4 Å². The molecule has 1 saturated heterocycles. The fourth-order valence-corrected chi connectivity index (χ4v) is 3.21. The van der Waals surface area contributed by atoms with Crippen molar-refractivity contribution in [1.29, 1.82) is 0 Å². The van der Waals surface area contributed by atoms with E-state index in [1.165, 1.54) is 0 Å². The van der Waals surface area contributed by atoms with Crippen LogP contribution in [0.15, 0.2) is 48.5 Å². The van der Waals surface area contributed by atoms with Gasteiger partial charge >= 0.3 is 0 Å². The Morgan fingerprint density at radius 3 is 2.68 bits per heavy atom. The van der Waals surface area contributed by atoms with Crippen LogP contribution in [0.2, 0.25) is 0 Å². The Kier molecular flexibility index (Phi) is 5.17. The first-order valence-electron chi connectivity index (χ1n) is 8.81. The summed E-state index contributed by atoms with van der Waals surface area (Å²) in [6.45, 7) is 5.59. The second-order valence-electron chi connectivity index (χ2n) is 6.82. The maximum absolute atomic E-state index is 12.7. The second-order valence-corrected chi connectivity index (χ2v) is 6.82. The fraction of sp³-hybridized carbons (Fsp3) is 0.333. The van der Waals surface area contributed by atoms with Crippen LogP contribution in [-0.4, -0.2) is 23.3 Å². The number of hydrogen-bond donors (Lipinski definition) is 1. The van der Waals surface area contributed by atoms with Crippen molar-refractivity contribution in [2.75, 3.05) is 11.9 Å². The van der Waals surface area contributed by atoms with Crippen LogP contribution in [0.25, 0.3) is 0 Å². The van der Waals surface area contributed by atoms with E-state index < -0.39 is 0 Å². The first kappa shape index (κ1) is 17.2. The lowest BCUT2D eigenvalue weighted by Gasteiger charge is -2.16. The van der Waals surface area contributed by atoms with Gasteiger partial charge in [-0.25, -0.2) is 0 Å². The smallest absolute Gasteiger partial charge is 0.255 e. The highest BCUT2D eigenvalue weighted by Gasteiger charge is 2.20. The molecule has 3 rings (SSSR count). The summed E-state index contributed by atoms with van der Waals surface area (Å²) in [5.41, 5.74) is 3.57. The zero-order valence-corrected chi connectivity index (χ0v) is 14.8. The predicted octanol–water partition coefficient (Wildman–Crippen LogP) is 4.18. The van der Waals surface area contributed by atoms with Gasteiger partial charge in [-0.2, -0.15) is 0 Å². The van der Waals surface area contributed by atoms with Gasteiger partial charge in [0.25, 0.3) is 5.91 Å². The Morgan fingerprint density at radius 1 is 1.16 bits per heavy atom. The molecule has 0 saturated carbocycles. The van der Waals surface area contributed by atoms with Gasteiger partial charge in [-0.3, -0.25) is 9.59 Å². The van der Waals surface area contributed by atoms with E-state index in [2.05, 4.69) is 19.2 Å². The molecule has 1 aliphatic rings. The summed E-state index contributed by atoms with van der Waals surface area (Å²) >= 11 is 0. The van der Waals surface area contributed by atoms with Gasteiger partial charge in [0, 0.05) is 30.8 Å². The number of para-hydroxylation sites is 1. The highest BCUT2D eigenvalue weighted by molar-refractivity contribution is 6.04. The van der Waals surface area contributed by atoms with Crippen LogP contribution in [-0.2, 0) is 11.3 Å². The third-order valence-electron chi connectivity index (χ3n) is 4.56. The van der Waals surface area contributed by atoms with E-state index in [9.17, 15) is 9.59 Å². The Labute approximate surface area is 148 Å². The van der Waals surface area contributed by atoms with Crippen molar-refractivity contribution in [1.82, 2.24) is 4.90 Å². The van der Waals surface area contributed by atoms with Crippen LogP contribution < -0.4 is 5.32 Å². The first-order valence-corrected chi connectivity index (χ1v) is 8.81. The molecule has 0 spiro atoms. The number of nitrogens with zero attached hydrogens (tertiary/aromatic N) is 1. The molecular weight excluding hydrogens is 312 g/mol. The molecule has 1 N–H and O–H groups in total. The highest BCUT2D eigenvalue weighted by atomic mass is 16.2. The Bertz CT molecular complexity index is 783. The lowest BCUT2D eigenvalue weighted by Crippen LogP contribution is -2.24. The predicted molar refractivity (Wildman–Crippen MR) is 99.6 cm³/mol. The van der Waals surface area contributed by atoms with Crippen LogP contribution in [0.1, 0.15) is 54.1 Å². The number of anilines is 1. The summed E-state index contributed by atoms with van der Waals surface area (Å²) in [7, 11) is 0. The lowest BCUT2D eigenvalue weighted by atomic mass is 10.0. The van der Waals surface area contributed by atoms with Crippen LogP contribution in [0, 0.1) is 0 Å². The van der Waals surface area contributed by atoms with Crippen molar-refractivity contribution in [2.45, 2.75) is 39.2 Å². The number of rotatable bonds is 5. The van der Waals surface area contributed by atoms with Crippen molar-refractivity contribution in [3.63, 3.8) is 0 Å². The number of benzene rings is 2. The lowest BCUT2D eigenvalue weighted by molar-refractivity contribution is -0.128. The number of likely N-dealkylation sites (tertiary alicyclic amines) is 1. The molecule has 1 aliphatic heterocycles. The quantitative estimate of drug-likeness (QED) is 0.890. The minimum atomic E-state index is -0.123. The Balaban J connectivity index is 1.74. The Morgan fingerprint density at radius 2 is 1.96 bits per heavy atom. The zero-order valence-electron chi connectivity index (χ0n) is 14.8. The molecule has 130 valence electrons. The molecule has 4 nitrogen and oxygen atoms in total. The minimum Gasteiger partial charge on any atom is -0.338 e. The standard InChI is InChI=1S/C21H24N2O2/c1-15(2)18-9-3-4-10-19(18)22-21(25)17-8-5-7-16(13-17)14-23-12-6-11-20(23)24/h3-5,7-10,13,15H,6,11-12,14H2,1-2H3,(H,22,25). The molecule has 0 aromatic heterocycles. The Hall–Kier alpha value is -2.62. The molecule has 2 aromatic carbocycles. The van der Waals surface area contributed by atoms with Crippen molar-refractivity contribution in [3.8, 4) is 0 Å². The highest BCUT2D eigenvalue weighted by Crippen LogP contribution is 2.24. The summed E-state index contributed by atoms with van der Waals surface area (Å²) in [6, 6.07) is 15.4. The zero-order chi connectivity index (χ0) is 17.8. The van der Waals surface area contributed by atoms with Gasteiger partial charge in [-0.05, 0) is 41.7 Å². The third-order valence-corrected chi connectivity index (χ3v) is 4.56. The second kappa shape index (κ2) is 7.51. The average molecular weight is 336 g/mol. The van der Waals surface area contributed by atoms with Crippen molar-refractivity contribution in [2.24, 2.45) is 0 Å². The van der Waals surface area contributed by atoms with Crippen molar-refractivity contribution in [3.05, 3.63) is 65.2 Å². The fourth-order valence-electron chi connectivity index (χ4n) is 3.21. The molecule has 0 bridgehead atoms. The molecule has 1 fully saturated rings. The number of hydrogen-bond acceptors (Lipinski definition) is 2. The minimum absolute atomic E-state index is 0.123. The summed E-state index contributed by atoms with van der Waals surface area (Å²) < 4.78 is 0. The van der Waals surface area contributed by atoms with Gasteiger partial charge in [-0.15, -0.1) is 0 Å². The summed E-state index contributed by atoms with van der Waals surface area (Å²) in [6.07, 6.45) is 1.55. The molecular formula is C21H24N2O2. The molecule has 0 unspecified atom stereocenters. The summed E-state index contributed by atoms with van der Waals surface area (Å²) in [4.78, 5) is 26.3. The van der Waals surface area contributed by atoms with Crippen LogP contribution in [0.5, 0.6) is 0 Å². The largest absolute Gasteiger partial charge is 0.338 e. The van der Waals surface area contributed by atoms with E-state index in [0.717, 1.165) is 29.8 Å². The number of nitrogens with one attached hydrogen (secondary N) is 1. The SMILES string of the molecule is CC(C)c1ccccc1NC(=O)c1cccc(CN2CCCC2=O)c1. The van der Waals surface area contributed by atoms with Gasteiger partial charge in [0.1, 0.15) is 0 Å². The normalized spacial score (nSPS) is 14.2. The first-order chi connectivity index (χ1) is 12.0. The third kappa shape index (κ3) is 4.08. The molecule has 2 amide bonds. The monoisotopic (exact) mass is 336 g/mol. The van der Waals surface area contributed by atoms with Crippen LogP contribution >= 0.6 is 0 Å². The maximum atomic E-state index is 12.7. The van der Waals surface area contributed by atoms with E-state index in [1.54, 1.807) is 0 Å². The molecule has 0 atom stereocenters. The molecule has 4 heteroatoms. The number of carbonyl (C=O) groups excluding carboxylic acids is 2. The molecule has 25 heavy (non-hydrogen) atoms. The average Bonchev–Trinajstić information content (AvgIpc) is 3.00. The molecule has 2 aromatic rings. The number of amides is 2. The molecule has 1 heterocycles. The van der Waals surface area contributed by atoms with Gasteiger partial charge in [0.15, 0.2) is 0 Å². The van der Waals surface area contributed by atoms with E-state index in [4.69, 9.17) is 0 Å². The van der Waals surface area contributed by atoms with Gasteiger partial charge in [0.05, 0.1) is 0 Å². The molecule has 0 radical (unpaired) electrons. The van der Waals surface area contributed by atoms with Crippen molar-refractivity contribution < 1.29 is 9.59 Å². The van der Waals surface area contributed by atoms with Crippen LogP contribution in [0.4, 0.5) is 5.69 Å². The molecule has 0 aliphatic carbocycles. The van der Waals surface area contributed by atoms with Gasteiger partial charge in [0.2, 0.25) is 5.91 Å². The van der Waals surface area contributed by atoms with E-state index in [0.29, 0.717) is 24.4 Å². The van der Waals surface area contributed by atoms with Crippen molar-refractivity contribution >= 4 is 17.5 Å². The van der Waals surface area contributed by atoms with Gasteiger partial charge < -0.3 is 10.2 Å². The maximum Gasteiger partial charge on any atom is 0.255 e. The van der Waals surface area contributed by atoms with E-state index >= 15 is 0 Å². The van der Waals surface area contributed by atoms with Gasteiger partial charge in [-0.1, -0.05) is 44.2 Å². The number of carbonyl (C=O) groups is 2. The van der Waals surface area contributed by atoms with Crippen LogP contribution in [0.3, 0.4) is 0 Å². The van der Waals surface area contributed by atoms with E-state index in [1.807, 2.05) is 53.4 Å².